The van der Waals surface area contributed by atoms with Crippen molar-refractivity contribution in [1.29, 1.82) is 0 Å². The van der Waals surface area contributed by atoms with Gasteiger partial charge in [0.25, 0.3) is 0 Å². The average Bonchev–Trinajstić information content (AvgIpc) is 2.30. The zero-order chi connectivity index (χ0) is 12.8. The highest BCUT2D eigenvalue weighted by Crippen LogP contribution is 2.22. The van der Waals surface area contributed by atoms with E-state index in [2.05, 4.69) is 26.1 Å². The van der Waals surface area contributed by atoms with Crippen LogP contribution in [0.4, 0.5) is 4.39 Å². The van der Waals surface area contributed by atoms with Crippen LogP contribution in [0.5, 0.6) is 0 Å². The Hall–Kier alpha value is -0.600. The summed E-state index contributed by atoms with van der Waals surface area (Å²) in [6, 6.07) is 5.03. The summed E-state index contributed by atoms with van der Waals surface area (Å²) in [5, 5.41) is 4.11. The van der Waals surface area contributed by atoms with Gasteiger partial charge in [0.1, 0.15) is 5.82 Å². The fourth-order valence-electron chi connectivity index (χ4n) is 2.20. The van der Waals surface area contributed by atoms with Crippen molar-refractivity contribution < 1.29 is 4.39 Å². The van der Waals surface area contributed by atoms with Crippen LogP contribution in [0, 0.1) is 11.7 Å². The van der Waals surface area contributed by atoms with Crippen LogP contribution < -0.4 is 5.32 Å². The second kappa shape index (κ2) is 6.97. The second-order valence-corrected chi connectivity index (χ2v) is 4.90. The minimum absolute atomic E-state index is 0.215. The summed E-state index contributed by atoms with van der Waals surface area (Å²) in [7, 11) is 0. The van der Waals surface area contributed by atoms with E-state index in [0.29, 0.717) is 17.0 Å². The molecule has 2 atom stereocenters. The Morgan fingerprint density at radius 3 is 2.65 bits per heavy atom. The molecule has 3 heteroatoms. The first-order chi connectivity index (χ1) is 8.08. The first kappa shape index (κ1) is 14.5. The van der Waals surface area contributed by atoms with Crippen molar-refractivity contribution in [2.75, 3.05) is 6.54 Å². The molecule has 0 fully saturated rings. The molecule has 0 saturated heterocycles. The van der Waals surface area contributed by atoms with Gasteiger partial charge < -0.3 is 5.32 Å². The number of hydrogen-bond donors (Lipinski definition) is 1. The van der Waals surface area contributed by atoms with Gasteiger partial charge in [-0.2, -0.15) is 0 Å². The fourth-order valence-corrected chi connectivity index (χ4v) is 2.39. The van der Waals surface area contributed by atoms with Crippen LogP contribution >= 0.6 is 11.6 Å². The van der Waals surface area contributed by atoms with Gasteiger partial charge in [0, 0.05) is 11.1 Å². The number of rotatable bonds is 6. The lowest BCUT2D eigenvalue weighted by Gasteiger charge is -2.24. The van der Waals surface area contributed by atoms with Crippen LogP contribution in [0.25, 0.3) is 0 Å². The molecule has 1 rings (SSSR count). The molecule has 1 aromatic rings. The predicted octanol–water partition coefficient (Wildman–Crippen LogP) is 4.05. The molecule has 2 unspecified atom stereocenters. The van der Waals surface area contributed by atoms with Crippen molar-refractivity contribution in [2.45, 2.75) is 39.7 Å². The average molecular weight is 258 g/mol. The molecule has 0 amide bonds. The molecule has 1 nitrogen and oxygen atoms in total. The SMILES string of the molecule is CCNC(CC)C(C)Cc1cc(F)ccc1Cl. The normalized spacial score (nSPS) is 14.6. The van der Waals surface area contributed by atoms with Crippen LogP contribution in [-0.2, 0) is 6.42 Å². The lowest BCUT2D eigenvalue weighted by molar-refractivity contribution is 0.370. The minimum Gasteiger partial charge on any atom is -0.314 e. The summed E-state index contributed by atoms with van der Waals surface area (Å²) >= 11 is 6.08. The third-order valence-electron chi connectivity index (χ3n) is 3.14. The first-order valence-corrected chi connectivity index (χ1v) is 6.63. The van der Waals surface area contributed by atoms with E-state index in [-0.39, 0.29) is 5.82 Å². The highest BCUT2D eigenvalue weighted by atomic mass is 35.5. The maximum Gasteiger partial charge on any atom is 0.123 e. The number of halogens is 2. The van der Waals surface area contributed by atoms with Gasteiger partial charge in [-0.15, -0.1) is 0 Å². The van der Waals surface area contributed by atoms with E-state index < -0.39 is 0 Å². The van der Waals surface area contributed by atoms with Gasteiger partial charge in [-0.1, -0.05) is 32.4 Å². The van der Waals surface area contributed by atoms with Crippen molar-refractivity contribution in [2.24, 2.45) is 5.92 Å². The molecule has 0 bridgehead atoms. The van der Waals surface area contributed by atoms with Gasteiger partial charge in [-0.05, 0) is 49.1 Å². The largest absolute Gasteiger partial charge is 0.314 e. The number of nitrogens with one attached hydrogen (secondary N) is 1. The van der Waals surface area contributed by atoms with E-state index in [0.717, 1.165) is 24.9 Å². The number of benzene rings is 1. The Balaban J connectivity index is 2.72. The summed E-state index contributed by atoms with van der Waals surface area (Å²) in [5.41, 5.74) is 0.899. The van der Waals surface area contributed by atoms with Crippen LogP contribution in [0.15, 0.2) is 18.2 Å². The van der Waals surface area contributed by atoms with Crippen molar-refractivity contribution in [1.82, 2.24) is 5.32 Å². The van der Waals surface area contributed by atoms with E-state index >= 15 is 0 Å². The Kier molecular flexibility index (Phi) is 5.93. The van der Waals surface area contributed by atoms with Gasteiger partial charge in [0.2, 0.25) is 0 Å². The van der Waals surface area contributed by atoms with E-state index in [1.807, 2.05) is 0 Å². The maximum atomic E-state index is 13.2. The summed E-state index contributed by atoms with van der Waals surface area (Å²) in [5.74, 6) is 0.229. The van der Waals surface area contributed by atoms with Crippen molar-refractivity contribution >= 4 is 11.6 Å². The second-order valence-electron chi connectivity index (χ2n) is 4.49. The highest BCUT2D eigenvalue weighted by molar-refractivity contribution is 6.31. The standard InChI is InChI=1S/C14H21ClFN/c1-4-14(17-5-2)10(3)8-11-9-12(16)6-7-13(11)15/h6-7,9-10,14,17H,4-5,8H2,1-3H3. The molecule has 0 aliphatic carbocycles. The molecular weight excluding hydrogens is 237 g/mol. The molecule has 96 valence electrons. The van der Waals surface area contributed by atoms with Gasteiger partial charge in [-0.25, -0.2) is 4.39 Å². The zero-order valence-corrected chi connectivity index (χ0v) is 11.5. The van der Waals surface area contributed by atoms with Gasteiger partial charge >= 0.3 is 0 Å². The van der Waals surface area contributed by atoms with Crippen molar-refractivity contribution in [3.8, 4) is 0 Å². The Morgan fingerprint density at radius 1 is 1.35 bits per heavy atom. The molecule has 0 aliphatic heterocycles. The molecular formula is C14H21ClFN. The van der Waals surface area contributed by atoms with Crippen molar-refractivity contribution in [3.63, 3.8) is 0 Å². The summed E-state index contributed by atoms with van der Waals surface area (Å²) in [4.78, 5) is 0. The summed E-state index contributed by atoms with van der Waals surface area (Å²) in [6.45, 7) is 7.40. The lowest BCUT2D eigenvalue weighted by Crippen LogP contribution is -2.35. The maximum absolute atomic E-state index is 13.2. The molecule has 0 heterocycles. The van der Waals surface area contributed by atoms with E-state index in [9.17, 15) is 4.39 Å². The topological polar surface area (TPSA) is 12.0 Å². The van der Waals surface area contributed by atoms with E-state index in [1.54, 1.807) is 6.07 Å². The molecule has 0 aliphatic rings. The monoisotopic (exact) mass is 257 g/mol. The van der Waals surface area contributed by atoms with Crippen LogP contribution in [0.3, 0.4) is 0 Å². The quantitative estimate of drug-likeness (QED) is 0.811. The van der Waals surface area contributed by atoms with Crippen LogP contribution in [-0.4, -0.2) is 12.6 Å². The van der Waals surface area contributed by atoms with Crippen LogP contribution in [0.2, 0.25) is 5.02 Å². The van der Waals surface area contributed by atoms with Crippen molar-refractivity contribution in [3.05, 3.63) is 34.6 Å². The van der Waals surface area contributed by atoms with Gasteiger partial charge in [0.05, 0.1) is 0 Å². The summed E-state index contributed by atoms with van der Waals surface area (Å²) < 4.78 is 13.2. The van der Waals surface area contributed by atoms with Crippen LogP contribution in [0.1, 0.15) is 32.8 Å². The molecule has 1 aromatic carbocycles. The molecule has 1 N–H and O–H groups in total. The minimum atomic E-state index is -0.215. The molecule has 0 aromatic heterocycles. The third kappa shape index (κ3) is 4.29. The highest BCUT2D eigenvalue weighted by Gasteiger charge is 2.16. The molecule has 0 radical (unpaired) electrons. The van der Waals surface area contributed by atoms with Gasteiger partial charge in [-0.3, -0.25) is 0 Å². The fraction of sp³-hybridized carbons (Fsp3) is 0.571. The van der Waals surface area contributed by atoms with Gasteiger partial charge in [0.15, 0.2) is 0 Å². The molecule has 17 heavy (non-hydrogen) atoms. The van der Waals surface area contributed by atoms with E-state index in [4.69, 9.17) is 11.6 Å². The zero-order valence-electron chi connectivity index (χ0n) is 10.8. The molecule has 0 saturated carbocycles. The lowest BCUT2D eigenvalue weighted by atomic mass is 9.92. The molecule has 0 spiro atoms. The Bertz CT molecular complexity index is 354. The smallest absolute Gasteiger partial charge is 0.123 e. The Morgan fingerprint density at radius 2 is 2.06 bits per heavy atom. The summed E-state index contributed by atoms with van der Waals surface area (Å²) in [6.07, 6.45) is 1.88. The third-order valence-corrected chi connectivity index (χ3v) is 3.51. The number of hydrogen-bond acceptors (Lipinski definition) is 1. The van der Waals surface area contributed by atoms with E-state index in [1.165, 1.54) is 12.1 Å². The predicted molar refractivity (Wildman–Crippen MR) is 72.0 cm³/mol. The Labute approximate surface area is 108 Å². The first-order valence-electron chi connectivity index (χ1n) is 6.25.